The van der Waals surface area contributed by atoms with Crippen molar-refractivity contribution in [2.45, 2.75) is 49.8 Å². The number of aromatic nitrogens is 2. The van der Waals surface area contributed by atoms with Gasteiger partial charge in [-0.3, -0.25) is 24.3 Å². The van der Waals surface area contributed by atoms with E-state index in [0.29, 0.717) is 29.9 Å². The van der Waals surface area contributed by atoms with Gasteiger partial charge in [-0.2, -0.15) is 13.2 Å². The van der Waals surface area contributed by atoms with Gasteiger partial charge >= 0.3 is 6.18 Å². The second-order valence-electron chi connectivity index (χ2n) is 7.46. The lowest BCUT2D eigenvalue weighted by Crippen LogP contribution is -2.27. The summed E-state index contributed by atoms with van der Waals surface area (Å²) in [5, 5.41) is 12.9. The van der Waals surface area contributed by atoms with Crippen LogP contribution in [0.25, 0.3) is 10.9 Å². The SMILES string of the molecule is CCCCn1c(SC(C)C(=O)Nc2ccc([N+](=O)[O-])cc2C(F)(F)F)nc2ccccc2c1=O. The highest BCUT2D eigenvalue weighted by molar-refractivity contribution is 8.00. The third kappa shape index (κ3) is 5.56. The van der Waals surface area contributed by atoms with E-state index in [9.17, 15) is 32.9 Å². The van der Waals surface area contributed by atoms with Gasteiger partial charge in [0.15, 0.2) is 5.16 Å². The molecule has 1 N–H and O–H groups in total. The smallest absolute Gasteiger partial charge is 0.325 e. The maximum atomic E-state index is 13.4. The summed E-state index contributed by atoms with van der Waals surface area (Å²) in [5.41, 5.74) is -2.47. The average molecular weight is 494 g/mol. The van der Waals surface area contributed by atoms with Gasteiger partial charge in [0.2, 0.25) is 5.91 Å². The van der Waals surface area contributed by atoms with Gasteiger partial charge in [0, 0.05) is 18.7 Å². The highest BCUT2D eigenvalue weighted by Crippen LogP contribution is 2.37. The Morgan fingerprint density at radius 2 is 1.97 bits per heavy atom. The second-order valence-corrected chi connectivity index (χ2v) is 8.76. The van der Waals surface area contributed by atoms with Crippen LogP contribution in [0.2, 0.25) is 0 Å². The summed E-state index contributed by atoms with van der Waals surface area (Å²) in [6.07, 6.45) is -3.39. The molecule has 34 heavy (non-hydrogen) atoms. The molecule has 0 saturated heterocycles. The Morgan fingerprint density at radius 3 is 2.62 bits per heavy atom. The molecule has 0 spiro atoms. The lowest BCUT2D eigenvalue weighted by molar-refractivity contribution is -0.385. The number of nitrogens with one attached hydrogen (secondary N) is 1. The lowest BCUT2D eigenvalue weighted by Gasteiger charge is -2.18. The number of carbonyl (C=O) groups is 1. The minimum absolute atomic E-state index is 0.260. The predicted octanol–water partition coefficient (Wildman–Crippen LogP) is 5.24. The fraction of sp³-hybridized carbons (Fsp3) is 0.318. The number of halogens is 3. The van der Waals surface area contributed by atoms with Crippen molar-refractivity contribution in [1.29, 1.82) is 0 Å². The van der Waals surface area contributed by atoms with Crippen molar-refractivity contribution >= 4 is 39.9 Å². The molecule has 180 valence electrons. The van der Waals surface area contributed by atoms with Gasteiger partial charge in [-0.1, -0.05) is 37.2 Å². The first kappa shape index (κ1) is 25.2. The Hall–Kier alpha value is -3.41. The van der Waals surface area contributed by atoms with E-state index in [1.54, 1.807) is 24.3 Å². The number of para-hydroxylation sites is 1. The number of non-ortho nitro benzene ring substituents is 1. The second kappa shape index (κ2) is 10.2. The highest BCUT2D eigenvalue weighted by Gasteiger charge is 2.36. The fourth-order valence-corrected chi connectivity index (χ4v) is 4.12. The molecule has 1 amide bonds. The molecule has 1 atom stereocenters. The molecule has 0 radical (unpaired) electrons. The number of unbranched alkanes of at least 4 members (excludes halogenated alkanes) is 1. The maximum absolute atomic E-state index is 13.4. The molecule has 12 heteroatoms. The van der Waals surface area contributed by atoms with Crippen molar-refractivity contribution < 1.29 is 22.9 Å². The molecule has 3 aromatic rings. The molecule has 1 aromatic heterocycles. The number of fused-ring (bicyclic) bond motifs is 1. The van der Waals surface area contributed by atoms with Gasteiger partial charge in [-0.25, -0.2) is 4.98 Å². The average Bonchev–Trinajstić information content (AvgIpc) is 2.78. The summed E-state index contributed by atoms with van der Waals surface area (Å²) in [5.74, 6) is -0.770. The van der Waals surface area contributed by atoms with E-state index in [2.05, 4.69) is 10.3 Å². The van der Waals surface area contributed by atoms with E-state index < -0.39 is 39.2 Å². The molecule has 0 aliphatic carbocycles. The number of hydrogen-bond acceptors (Lipinski definition) is 6. The van der Waals surface area contributed by atoms with Crippen LogP contribution in [-0.4, -0.2) is 25.6 Å². The molecule has 0 bridgehead atoms. The first-order valence-corrected chi connectivity index (χ1v) is 11.2. The van der Waals surface area contributed by atoms with Crippen LogP contribution in [0.4, 0.5) is 24.5 Å². The van der Waals surface area contributed by atoms with Crippen LogP contribution in [0.15, 0.2) is 52.4 Å². The van der Waals surface area contributed by atoms with Gasteiger partial charge < -0.3 is 5.32 Å². The van der Waals surface area contributed by atoms with Crippen molar-refractivity contribution in [2.24, 2.45) is 0 Å². The standard InChI is InChI=1S/C22H21F3N4O4S/c1-3-4-11-28-20(31)15-7-5-6-8-17(15)27-21(28)34-13(2)19(30)26-18-10-9-14(29(32)33)12-16(18)22(23,24)25/h5-10,12-13H,3-4,11H2,1-2H3,(H,26,30). The van der Waals surface area contributed by atoms with Crippen LogP contribution in [0.1, 0.15) is 32.3 Å². The van der Waals surface area contributed by atoms with Crippen LogP contribution in [0.3, 0.4) is 0 Å². The third-order valence-corrected chi connectivity index (χ3v) is 6.08. The van der Waals surface area contributed by atoms with Crippen molar-refractivity contribution in [1.82, 2.24) is 9.55 Å². The molecule has 3 rings (SSSR count). The summed E-state index contributed by atoms with van der Waals surface area (Å²) in [7, 11) is 0. The predicted molar refractivity (Wildman–Crippen MR) is 123 cm³/mol. The van der Waals surface area contributed by atoms with Crippen LogP contribution >= 0.6 is 11.8 Å². The maximum Gasteiger partial charge on any atom is 0.418 e. The molecular weight excluding hydrogens is 473 g/mol. The number of anilines is 1. The molecular formula is C22H21F3N4O4S. The Bertz CT molecular complexity index is 1290. The normalized spacial score (nSPS) is 12.5. The summed E-state index contributed by atoms with van der Waals surface area (Å²) >= 11 is 0.949. The van der Waals surface area contributed by atoms with Crippen molar-refractivity contribution in [3.8, 4) is 0 Å². The Labute approximate surface area is 196 Å². The first-order valence-electron chi connectivity index (χ1n) is 10.4. The molecule has 2 aromatic carbocycles. The summed E-state index contributed by atoms with van der Waals surface area (Å²) in [6.45, 7) is 3.82. The number of hydrogen-bond donors (Lipinski definition) is 1. The molecule has 0 aliphatic heterocycles. The van der Waals surface area contributed by atoms with E-state index in [4.69, 9.17) is 0 Å². The van der Waals surface area contributed by atoms with Crippen LogP contribution in [-0.2, 0) is 17.5 Å². The minimum Gasteiger partial charge on any atom is -0.325 e. The zero-order chi connectivity index (χ0) is 25.0. The number of nitro benzene ring substituents is 1. The molecule has 8 nitrogen and oxygen atoms in total. The van der Waals surface area contributed by atoms with E-state index >= 15 is 0 Å². The third-order valence-electron chi connectivity index (χ3n) is 4.99. The highest BCUT2D eigenvalue weighted by atomic mass is 32.2. The number of nitro groups is 1. The number of benzene rings is 2. The molecule has 0 saturated carbocycles. The zero-order valence-corrected chi connectivity index (χ0v) is 19.1. The minimum atomic E-state index is -4.91. The number of amides is 1. The number of nitrogens with zero attached hydrogens (tertiary/aromatic N) is 3. The zero-order valence-electron chi connectivity index (χ0n) is 18.3. The van der Waals surface area contributed by atoms with Crippen molar-refractivity contribution in [3.63, 3.8) is 0 Å². The number of rotatable bonds is 8. The Balaban J connectivity index is 1.91. The molecule has 1 unspecified atom stereocenters. The van der Waals surface area contributed by atoms with Gasteiger partial charge in [0.25, 0.3) is 11.2 Å². The van der Waals surface area contributed by atoms with E-state index in [-0.39, 0.29) is 10.7 Å². The van der Waals surface area contributed by atoms with Crippen molar-refractivity contribution in [2.75, 3.05) is 5.32 Å². The number of alkyl halides is 3. The summed E-state index contributed by atoms with van der Waals surface area (Å²) in [4.78, 5) is 40.1. The van der Waals surface area contributed by atoms with E-state index in [0.717, 1.165) is 30.3 Å². The van der Waals surface area contributed by atoms with Gasteiger partial charge in [0.05, 0.1) is 32.3 Å². The lowest BCUT2D eigenvalue weighted by atomic mass is 10.1. The number of carbonyl (C=O) groups excluding carboxylic acids is 1. The Kier molecular flexibility index (Phi) is 7.60. The van der Waals surface area contributed by atoms with Crippen LogP contribution < -0.4 is 10.9 Å². The molecule has 0 aliphatic rings. The van der Waals surface area contributed by atoms with Gasteiger partial charge in [-0.15, -0.1) is 0 Å². The van der Waals surface area contributed by atoms with Crippen LogP contribution in [0.5, 0.6) is 0 Å². The van der Waals surface area contributed by atoms with Gasteiger partial charge in [0.1, 0.15) is 0 Å². The van der Waals surface area contributed by atoms with Gasteiger partial charge in [-0.05, 0) is 31.5 Å². The molecule has 1 heterocycles. The summed E-state index contributed by atoms with van der Waals surface area (Å²) in [6, 6.07) is 8.88. The van der Waals surface area contributed by atoms with Crippen molar-refractivity contribution in [3.05, 3.63) is 68.5 Å². The monoisotopic (exact) mass is 494 g/mol. The number of thioether (sulfide) groups is 1. The molecule has 0 fully saturated rings. The topological polar surface area (TPSA) is 107 Å². The van der Waals surface area contributed by atoms with Crippen LogP contribution in [0, 0.1) is 10.1 Å². The van der Waals surface area contributed by atoms with E-state index in [1.807, 2.05) is 6.92 Å². The first-order chi connectivity index (χ1) is 16.0. The Morgan fingerprint density at radius 1 is 1.26 bits per heavy atom. The van der Waals surface area contributed by atoms with E-state index in [1.165, 1.54) is 11.5 Å². The quantitative estimate of drug-likeness (QED) is 0.199. The largest absolute Gasteiger partial charge is 0.418 e. The fourth-order valence-electron chi connectivity index (χ4n) is 3.19. The summed E-state index contributed by atoms with van der Waals surface area (Å²) < 4.78 is 41.7.